The summed E-state index contributed by atoms with van der Waals surface area (Å²) in [7, 11) is -0.654. The van der Waals surface area contributed by atoms with E-state index in [0.717, 1.165) is 0 Å². The van der Waals surface area contributed by atoms with Crippen LogP contribution in [0.25, 0.3) is 0 Å². The fraction of sp³-hybridized carbons (Fsp3) is 0.139. The number of benzene rings is 4. The minimum absolute atomic E-state index is 0.145. The smallest absolute Gasteiger partial charge is 0.233 e. The van der Waals surface area contributed by atoms with Gasteiger partial charge in [0.15, 0.2) is 0 Å². The number of imidazole rings is 1. The fourth-order valence-corrected chi connectivity index (χ4v) is 7.51. The molecule has 4 aromatic carbocycles. The first-order valence-electron chi connectivity index (χ1n) is 14.2. The molecule has 0 spiro atoms. The van der Waals surface area contributed by atoms with Gasteiger partial charge >= 0.3 is 0 Å². The standard InChI is InChI=1S/C22H26N2Si.C14H13B/c1-3-10-19(2)17-25-22(24-16-15-23-18-24,20-11-6-4-7-12-20)21-13-8-5-9-14-21;1-2-15(13-9-5-3-6-10-13)14-11-7-4-8-12-14/h4-9,11-18H,3,10,25H2,1-2H3;2-12H,1H2. The highest BCUT2D eigenvalue weighted by Crippen LogP contribution is 2.33. The van der Waals surface area contributed by atoms with Crippen LogP contribution >= 0.6 is 0 Å². The first kappa shape index (κ1) is 28.8. The molecule has 1 aromatic heterocycles. The predicted octanol–water partition coefficient (Wildman–Crippen LogP) is 6.53. The van der Waals surface area contributed by atoms with Crippen LogP contribution in [0.5, 0.6) is 0 Å². The highest BCUT2D eigenvalue weighted by Gasteiger charge is 2.35. The molecule has 0 unspecified atom stereocenters. The zero-order chi connectivity index (χ0) is 28.0. The summed E-state index contributed by atoms with van der Waals surface area (Å²) in [6.07, 6.45) is 8.34. The van der Waals surface area contributed by atoms with Crippen molar-refractivity contribution in [3.8, 4) is 0 Å². The maximum absolute atomic E-state index is 4.37. The SMILES string of the molecule is C=CB(c1ccccc1)c1ccccc1.CCCC(C)=C[SiH2]C(c1ccccc1)(c1ccccc1)n1ccnc1. The topological polar surface area (TPSA) is 17.8 Å². The third-order valence-electron chi connectivity index (χ3n) is 7.39. The fourth-order valence-electron chi connectivity index (χ4n) is 5.32. The molecule has 0 radical (unpaired) electrons. The molecular formula is C36H39BN2Si. The Balaban J connectivity index is 0.000000210. The number of hydrogen-bond donors (Lipinski definition) is 0. The lowest BCUT2D eigenvalue weighted by Gasteiger charge is -2.36. The molecule has 4 heteroatoms. The summed E-state index contributed by atoms with van der Waals surface area (Å²) in [6, 6.07) is 42.6. The van der Waals surface area contributed by atoms with Crippen molar-refractivity contribution in [2.45, 2.75) is 31.9 Å². The van der Waals surface area contributed by atoms with E-state index in [1.165, 1.54) is 40.5 Å². The molecule has 0 bridgehead atoms. The Labute approximate surface area is 243 Å². The first-order chi connectivity index (χ1) is 19.7. The average molecular weight is 539 g/mol. The van der Waals surface area contributed by atoms with Crippen LogP contribution in [0.2, 0.25) is 0 Å². The lowest BCUT2D eigenvalue weighted by atomic mass is 9.41. The van der Waals surface area contributed by atoms with Gasteiger partial charge in [-0.1, -0.05) is 157 Å². The van der Waals surface area contributed by atoms with Crippen LogP contribution < -0.4 is 10.9 Å². The summed E-state index contributed by atoms with van der Waals surface area (Å²) in [6.45, 7) is 8.73. The van der Waals surface area contributed by atoms with E-state index in [9.17, 15) is 0 Å². The minimum Gasteiger partial charge on any atom is -0.326 e. The van der Waals surface area contributed by atoms with Crippen LogP contribution in [0.15, 0.2) is 164 Å². The number of rotatable bonds is 10. The van der Waals surface area contributed by atoms with Gasteiger partial charge in [0.25, 0.3) is 0 Å². The summed E-state index contributed by atoms with van der Waals surface area (Å²) in [5.41, 5.74) is 9.30. The zero-order valence-corrected chi connectivity index (χ0v) is 25.1. The van der Waals surface area contributed by atoms with E-state index in [4.69, 9.17) is 0 Å². The molecule has 0 fully saturated rings. The second-order valence-corrected chi connectivity index (χ2v) is 11.9. The van der Waals surface area contributed by atoms with Gasteiger partial charge in [0.1, 0.15) is 0 Å². The monoisotopic (exact) mass is 538 g/mol. The molecule has 0 amide bonds. The Kier molecular flexibility index (Phi) is 10.7. The molecule has 0 saturated heterocycles. The summed E-state index contributed by atoms with van der Waals surface area (Å²) >= 11 is 0. The van der Waals surface area contributed by atoms with Gasteiger partial charge in [0, 0.05) is 12.4 Å². The van der Waals surface area contributed by atoms with Gasteiger partial charge in [-0.2, -0.15) is 0 Å². The van der Waals surface area contributed by atoms with Crippen molar-refractivity contribution in [2.24, 2.45) is 0 Å². The largest absolute Gasteiger partial charge is 0.326 e. The second kappa shape index (κ2) is 14.9. The Morgan fingerprint density at radius 3 is 1.68 bits per heavy atom. The van der Waals surface area contributed by atoms with E-state index in [1.54, 1.807) is 0 Å². The average Bonchev–Trinajstić information content (AvgIpc) is 3.56. The Bertz CT molecular complexity index is 1360. The molecule has 0 aliphatic rings. The lowest BCUT2D eigenvalue weighted by Crippen LogP contribution is -2.41. The van der Waals surface area contributed by atoms with Gasteiger partial charge in [0.2, 0.25) is 6.71 Å². The molecule has 2 nitrogen and oxygen atoms in total. The number of hydrogen-bond acceptors (Lipinski definition) is 1. The Morgan fingerprint density at radius 2 is 1.27 bits per heavy atom. The van der Waals surface area contributed by atoms with E-state index in [-0.39, 0.29) is 5.16 Å². The molecule has 200 valence electrons. The molecule has 0 aliphatic carbocycles. The van der Waals surface area contributed by atoms with Crippen molar-refractivity contribution in [2.75, 3.05) is 0 Å². The lowest BCUT2D eigenvalue weighted by molar-refractivity contribution is 0.596. The third kappa shape index (κ3) is 7.08. The third-order valence-corrected chi connectivity index (χ3v) is 10.1. The van der Waals surface area contributed by atoms with E-state index in [2.05, 4.69) is 151 Å². The molecule has 40 heavy (non-hydrogen) atoms. The van der Waals surface area contributed by atoms with Crippen molar-refractivity contribution in [3.05, 3.63) is 175 Å². The van der Waals surface area contributed by atoms with Crippen molar-refractivity contribution < 1.29 is 0 Å². The van der Waals surface area contributed by atoms with Crippen molar-refractivity contribution in [1.82, 2.24) is 9.55 Å². The summed E-state index contributed by atoms with van der Waals surface area (Å²) in [5, 5.41) is -0.145. The van der Waals surface area contributed by atoms with Gasteiger partial charge in [0.05, 0.1) is 21.0 Å². The van der Waals surface area contributed by atoms with Crippen LogP contribution in [0.3, 0.4) is 0 Å². The summed E-state index contributed by atoms with van der Waals surface area (Å²) < 4.78 is 2.31. The van der Waals surface area contributed by atoms with Crippen LogP contribution in [0.1, 0.15) is 37.8 Å². The van der Waals surface area contributed by atoms with Crippen LogP contribution in [0, 0.1) is 0 Å². The van der Waals surface area contributed by atoms with Crippen LogP contribution in [-0.2, 0) is 5.16 Å². The van der Waals surface area contributed by atoms with E-state index < -0.39 is 9.52 Å². The second-order valence-electron chi connectivity index (χ2n) is 10.1. The van der Waals surface area contributed by atoms with Gasteiger partial charge in [-0.3, -0.25) is 0 Å². The van der Waals surface area contributed by atoms with E-state index >= 15 is 0 Å². The normalized spacial score (nSPS) is 11.6. The maximum Gasteiger partial charge on any atom is 0.233 e. The van der Waals surface area contributed by atoms with Crippen LogP contribution in [-0.4, -0.2) is 25.8 Å². The highest BCUT2D eigenvalue weighted by molar-refractivity contribution is 6.89. The Hall–Kier alpha value is -4.15. The minimum atomic E-state index is -0.654. The van der Waals surface area contributed by atoms with Gasteiger partial charge in [-0.05, 0) is 24.5 Å². The van der Waals surface area contributed by atoms with Gasteiger partial charge < -0.3 is 4.57 Å². The predicted molar refractivity (Wildman–Crippen MR) is 177 cm³/mol. The van der Waals surface area contributed by atoms with Crippen molar-refractivity contribution in [1.29, 1.82) is 0 Å². The number of allylic oxidation sites excluding steroid dienone is 1. The summed E-state index contributed by atoms with van der Waals surface area (Å²) in [5.74, 6) is 1.99. The summed E-state index contributed by atoms with van der Waals surface area (Å²) in [4.78, 5) is 4.37. The zero-order valence-electron chi connectivity index (χ0n) is 23.7. The quantitative estimate of drug-likeness (QED) is 0.185. The van der Waals surface area contributed by atoms with Gasteiger partial charge in [-0.15, -0.1) is 12.6 Å². The molecule has 0 aliphatic heterocycles. The molecular weight excluding hydrogens is 499 g/mol. The van der Waals surface area contributed by atoms with E-state index in [0.29, 0.717) is 6.71 Å². The Morgan fingerprint density at radius 1 is 0.800 bits per heavy atom. The molecule has 0 saturated carbocycles. The number of nitrogens with zero attached hydrogens (tertiary/aromatic N) is 2. The van der Waals surface area contributed by atoms with Crippen molar-refractivity contribution >= 4 is 27.2 Å². The highest BCUT2D eigenvalue weighted by atomic mass is 28.2. The molecule has 0 N–H and O–H groups in total. The maximum atomic E-state index is 4.37. The molecule has 0 atom stereocenters. The van der Waals surface area contributed by atoms with Gasteiger partial charge in [-0.25, -0.2) is 4.98 Å². The van der Waals surface area contributed by atoms with Crippen LogP contribution in [0.4, 0.5) is 0 Å². The molecule has 5 rings (SSSR count). The van der Waals surface area contributed by atoms with E-state index in [1.807, 2.05) is 30.6 Å². The van der Waals surface area contributed by atoms with Crippen molar-refractivity contribution in [3.63, 3.8) is 0 Å². The number of aromatic nitrogens is 2. The molecule has 5 aromatic rings. The molecule has 1 heterocycles. The first-order valence-corrected chi connectivity index (χ1v) is 15.7.